The summed E-state index contributed by atoms with van der Waals surface area (Å²) in [6.07, 6.45) is 5.71. The number of aliphatic hydroxyl groups excluding tert-OH is 1. The Bertz CT molecular complexity index is 824. The lowest BCUT2D eigenvalue weighted by atomic mass is 10.0. The third-order valence-electron chi connectivity index (χ3n) is 5.20. The first-order chi connectivity index (χ1) is 15.8. The van der Waals surface area contributed by atoms with Crippen LogP contribution in [0.4, 0.5) is 0 Å². The van der Waals surface area contributed by atoms with Crippen LogP contribution in [0.25, 0.3) is 0 Å². The first kappa shape index (κ1) is 28.3. The summed E-state index contributed by atoms with van der Waals surface area (Å²) in [4.78, 5) is 2.26. The summed E-state index contributed by atoms with van der Waals surface area (Å²) in [6.45, 7) is 9.73. The van der Waals surface area contributed by atoms with Crippen LogP contribution in [0, 0.1) is 0 Å². The molecule has 1 fully saturated rings. The number of hydrogen-bond acceptors (Lipinski definition) is 5. The number of benzene rings is 1. The van der Waals surface area contributed by atoms with E-state index in [0.29, 0.717) is 50.8 Å². The molecule has 2 N–H and O–H groups in total. The number of piperidine rings is 1. The topological polar surface area (TPSA) is 54.0 Å². The molecule has 5 nitrogen and oxygen atoms in total. The second kappa shape index (κ2) is 15.2. The fraction of sp³-hybridized carbons (Fsp3) is 0.500. The smallest absolute Gasteiger partial charge is 0.121 e. The summed E-state index contributed by atoms with van der Waals surface area (Å²) in [5, 5.41) is 15.7. The highest BCUT2D eigenvalue weighted by Gasteiger charge is 2.21. The molecule has 0 bridgehead atoms. The minimum atomic E-state index is -0.570. The molecule has 33 heavy (non-hydrogen) atoms. The molecule has 1 heterocycles. The number of ether oxygens (including phenoxy) is 2. The Morgan fingerprint density at radius 3 is 2.64 bits per heavy atom. The molecule has 2 rings (SSSR count). The Morgan fingerprint density at radius 2 is 1.97 bits per heavy atom. The van der Waals surface area contributed by atoms with Crippen molar-refractivity contribution in [2.45, 2.75) is 38.3 Å². The maximum atomic E-state index is 10.3. The average Bonchev–Trinajstić information content (AvgIpc) is 2.80. The van der Waals surface area contributed by atoms with Crippen LogP contribution in [0.3, 0.4) is 0 Å². The molecular weight excluding hydrogens is 506 g/mol. The molecule has 0 radical (unpaired) electrons. The third-order valence-corrected chi connectivity index (χ3v) is 6.77. The highest BCUT2D eigenvalue weighted by atomic mass is 35.5. The first-order valence-corrected chi connectivity index (χ1v) is 12.5. The maximum Gasteiger partial charge on any atom is 0.121 e. The van der Waals surface area contributed by atoms with Gasteiger partial charge in [0.2, 0.25) is 0 Å². The van der Waals surface area contributed by atoms with E-state index in [1.807, 2.05) is 6.92 Å². The molecule has 9 heteroatoms. The van der Waals surface area contributed by atoms with Crippen molar-refractivity contribution < 1.29 is 14.6 Å². The van der Waals surface area contributed by atoms with Gasteiger partial charge in [0.25, 0.3) is 0 Å². The van der Waals surface area contributed by atoms with Gasteiger partial charge in [-0.05, 0) is 64.0 Å². The summed E-state index contributed by atoms with van der Waals surface area (Å²) in [5.41, 5.74) is 0. The van der Waals surface area contributed by atoms with Crippen molar-refractivity contribution in [2.75, 3.05) is 39.4 Å². The van der Waals surface area contributed by atoms with E-state index >= 15 is 0 Å². The molecule has 0 amide bonds. The number of aliphatic hydroxyl groups is 1. The van der Waals surface area contributed by atoms with Gasteiger partial charge in [-0.1, -0.05) is 59.1 Å². The van der Waals surface area contributed by atoms with Crippen LogP contribution < -0.4 is 10.1 Å². The molecule has 1 atom stereocenters. The number of nitrogens with one attached hydrogen (secondary N) is 1. The fourth-order valence-corrected chi connectivity index (χ4v) is 3.97. The van der Waals surface area contributed by atoms with Crippen molar-refractivity contribution in [1.82, 2.24) is 10.2 Å². The lowest BCUT2D eigenvalue weighted by molar-refractivity contribution is 0.0578. The number of nitrogens with zero attached hydrogens (tertiary/aromatic N) is 1. The van der Waals surface area contributed by atoms with Crippen molar-refractivity contribution in [2.24, 2.45) is 0 Å². The molecule has 1 aromatic carbocycles. The van der Waals surface area contributed by atoms with E-state index in [1.54, 1.807) is 30.4 Å². The second-order valence-electron chi connectivity index (χ2n) is 7.87. The Balaban J connectivity index is 1.55. The van der Waals surface area contributed by atoms with Crippen molar-refractivity contribution in [1.29, 1.82) is 0 Å². The van der Waals surface area contributed by atoms with Crippen molar-refractivity contribution in [3.8, 4) is 5.75 Å². The zero-order valence-corrected chi connectivity index (χ0v) is 21.9. The summed E-state index contributed by atoms with van der Waals surface area (Å²) in [6, 6.07) is 5.54. The van der Waals surface area contributed by atoms with Gasteiger partial charge in [0.05, 0.1) is 26.7 Å². The minimum absolute atomic E-state index is 0.211. The zero-order valence-electron chi connectivity index (χ0n) is 18.8. The highest BCUT2D eigenvalue weighted by molar-refractivity contribution is 6.44. The summed E-state index contributed by atoms with van der Waals surface area (Å²) in [5.74, 6) is 1.09. The quantitative estimate of drug-likeness (QED) is 0.184. The standard InChI is InChI=1S/C24H32Cl4N2O3/c1-3-21(25)23(27)13-17(2)32-12-4-9-29-18-7-10-30(11-8-18)15-19(31)16-33-20-5-6-22(26)24(28)14-20/h3,5-6,13-14,18-19,29,31H,2,4,7-12,15-16H2,1H3/b21-3+,23-13+/t19-/m0/s1. The van der Waals surface area contributed by atoms with Gasteiger partial charge in [-0.15, -0.1) is 0 Å². The molecule has 0 aromatic heterocycles. The van der Waals surface area contributed by atoms with Gasteiger partial charge in [0.1, 0.15) is 24.2 Å². The molecule has 0 unspecified atom stereocenters. The van der Waals surface area contributed by atoms with E-state index in [4.69, 9.17) is 55.9 Å². The molecule has 0 saturated carbocycles. The molecule has 1 aliphatic rings. The number of β-amino-alcohol motifs (C(OH)–C–C–N with tert-alkyl or cyclic N) is 1. The number of halogens is 4. The molecule has 0 spiro atoms. The average molecular weight is 538 g/mol. The molecular formula is C24H32Cl4N2O3. The van der Waals surface area contributed by atoms with Crippen LogP contribution in [0.2, 0.25) is 10.0 Å². The van der Waals surface area contributed by atoms with E-state index in [2.05, 4.69) is 16.8 Å². The van der Waals surface area contributed by atoms with E-state index < -0.39 is 6.10 Å². The second-order valence-corrected chi connectivity index (χ2v) is 9.50. The van der Waals surface area contributed by atoms with Gasteiger partial charge in [-0.3, -0.25) is 0 Å². The normalized spacial score (nSPS) is 17.2. The summed E-state index contributed by atoms with van der Waals surface area (Å²) >= 11 is 23.9. The monoisotopic (exact) mass is 536 g/mol. The largest absolute Gasteiger partial charge is 0.494 e. The van der Waals surface area contributed by atoms with Crippen LogP contribution in [0.15, 0.2) is 52.8 Å². The lowest BCUT2D eigenvalue weighted by Gasteiger charge is -2.33. The first-order valence-electron chi connectivity index (χ1n) is 11.0. The van der Waals surface area contributed by atoms with Crippen LogP contribution in [-0.2, 0) is 4.74 Å². The number of hydrogen-bond donors (Lipinski definition) is 2. The van der Waals surface area contributed by atoms with Gasteiger partial charge in [-0.2, -0.15) is 0 Å². The molecule has 1 aromatic rings. The Morgan fingerprint density at radius 1 is 1.24 bits per heavy atom. The van der Waals surface area contributed by atoms with Crippen LogP contribution >= 0.6 is 46.4 Å². The predicted molar refractivity (Wildman–Crippen MR) is 139 cm³/mol. The van der Waals surface area contributed by atoms with Crippen LogP contribution in [0.1, 0.15) is 26.2 Å². The van der Waals surface area contributed by atoms with E-state index in [0.717, 1.165) is 38.9 Å². The highest BCUT2D eigenvalue weighted by Crippen LogP contribution is 2.26. The lowest BCUT2D eigenvalue weighted by Crippen LogP contribution is -2.46. The fourth-order valence-electron chi connectivity index (χ4n) is 3.40. The third kappa shape index (κ3) is 10.9. The van der Waals surface area contributed by atoms with E-state index in [-0.39, 0.29) is 6.61 Å². The maximum absolute atomic E-state index is 10.3. The van der Waals surface area contributed by atoms with Gasteiger partial charge in [-0.25, -0.2) is 0 Å². The van der Waals surface area contributed by atoms with Crippen molar-refractivity contribution >= 4 is 46.4 Å². The molecule has 0 aliphatic carbocycles. The Hall–Kier alpha value is -0.920. The Kier molecular flexibility index (Phi) is 13.0. The molecule has 1 aliphatic heterocycles. The minimum Gasteiger partial charge on any atom is -0.494 e. The number of rotatable bonds is 13. The Labute approximate surface area is 216 Å². The van der Waals surface area contributed by atoms with Gasteiger partial charge in [0, 0.05) is 18.7 Å². The predicted octanol–water partition coefficient (Wildman–Crippen LogP) is 5.97. The van der Waals surface area contributed by atoms with Crippen LogP contribution in [-0.4, -0.2) is 61.5 Å². The number of likely N-dealkylation sites (tertiary alicyclic amines) is 1. The van der Waals surface area contributed by atoms with E-state index in [1.165, 1.54) is 0 Å². The molecule has 184 valence electrons. The van der Waals surface area contributed by atoms with Gasteiger partial charge >= 0.3 is 0 Å². The SMILES string of the molecule is C=C(/C=C(Cl)\C(Cl)=C/C)OCCCNC1CCN(C[C@H](O)COc2ccc(Cl)c(Cl)c2)CC1. The van der Waals surface area contributed by atoms with Gasteiger partial charge in [0.15, 0.2) is 0 Å². The summed E-state index contributed by atoms with van der Waals surface area (Å²) < 4.78 is 11.2. The van der Waals surface area contributed by atoms with Gasteiger partial charge < -0.3 is 24.8 Å². The zero-order chi connectivity index (χ0) is 24.2. The van der Waals surface area contributed by atoms with Crippen LogP contribution in [0.5, 0.6) is 5.75 Å². The summed E-state index contributed by atoms with van der Waals surface area (Å²) in [7, 11) is 0. The van der Waals surface area contributed by atoms with E-state index in [9.17, 15) is 5.11 Å². The molecule has 1 saturated heterocycles. The van der Waals surface area contributed by atoms with Crippen molar-refractivity contribution in [3.05, 3.63) is 62.8 Å². The number of allylic oxidation sites excluding steroid dienone is 4. The van der Waals surface area contributed by atoms with Crippen molar-refractivity contribution in [3.63, 3.8) is 0 Å².